The SMILES string of the molecule is Cn1ccnc1CCNC(=O)c1csc(C#CCN)c1. The van der Waals surface area contributed by atoms with E-state index in [9.17, 15) is 4.79 Å². The molecular formula is C14H16N4OS. The van der Waals surface area contributed by atoms with Gasteiger partial charge in [-0.05, 0) is 6.07 Å². The summed E-state index contributed by atoms with van der Waals surface area (Å²) in [5.74, 6) is 6.55. The van der Waals surface area contributed by atoms with Gasteiger partial charge in [0.25, 0.3) is 5.91 Å². The third kappa shape index (κ3) is 3.70. The van der Waals surface area contributed by atoms with Crippen LogP contribution in [-0.2, 0) is 13.5 Å². The van der Waals surface area contributed by atoms with Crippen LogP contribution in [0.1, 0.15) is 21.1 Å². The van der Waals surface area contributed by atoms with Crippen LogP contribution in [-0.4, -0.2) is 28.5 Å². The van der Waals surface area contributed by atoms with Gasteiger partial charge in [-0.15, -0.1) is 11.3 Å². The Bertz CT molecular complexity index is 647. The molecule has 0 aliphatic heterocycles. The van der Waals surface area contributed by atoms with E-state index in [4.69, 9.17) is 5.73 Å². The molecule has 1 amide bonds. The maximum Gasteiger partial charge on any atom is 0.252 e. The number of nitrogens with one attached hydrogen (secondary N) is 1. The van der Waals surface area contributed by atoms with E-state index >= 15 is 0 Å². The number of hydrogen-bond donors (Lipinski definition) is 2. The number of nitrogens with two attached hydrogens (primary N) is 1. The monoisotopic (exact) mass is 288 g/mol. The van der Waals surface area contributed by atoms with Gasteiger partial charge in [-0.25, -0.2) is 4.98 Å². The Balaban J connectivity index is 1.86. The van der Waals surface area contributed by atoms with Gasteiger partial charge in [-0.3, -0.25) is 4.79 Å². The van der Waals surface area contributed by atoms with E-state index in [1.54, 1.807) is 17.6 Å². The summed E-state index contributed by atoms with van der Waals surface area (Å²) in [6.07, 6.45) is 4.34. The first-order valence-electron chi connectivity index (χ1n) is 6.22. The first-order chi connectivity index (χ1) is 9.70. The van der Waals surface area contributed by atoms with Gasteiger partial charge in [0.2, 0.25) is 0 Å². The minimum absolute atomic E-state index is 0.0868. The predicted octanol–water partition coefficient (Wildman–Crippen LogP) is 0.764. The van der Waals surface area contributed by atoms with Crippen LogP contribution >= 0.6 is 11.3 Å². The smallest absolute Gasteiger partial charge is 0.252 e. The average Bonchev–Trinajstić information content (AvgIpc) is 3.06. The Hall–Kier alpha value is -2.10. The molecule has 0 bridgehead atoms. The first kappa shape index (κ1) is 14.3. The molecule has 0 aromatic carbocycles. The van der Waals surface area contributed by atoms with Crippen LogP contribution in [0, 0.1) is 11.8 Å². The van der Waals surface area contributed by atoms with E-state index in [-0.39, 0.29) is 5.91 Å². The number of rotatable bonds is 4. The fourth-order valence-electron chi connectivity index (χ4n) is 1.69. The van der Waals surface area contributed by atoms with E-state index in [0.717, 1.165) is 10.7 Å². The highest BCUT2D eigenvalue weighted by Gasteiger charge is 2.08. The second-order valence-corrected chi connectivity index (χ2v) is 5.08. The molecule has 0 unspecified atom stereocenters. The summed E-state index contributed by atoms with van der Waals surface area (Å²) < 4.78 is 1.94. The van der Waals surface area contributed by atoms with Gasteiger partial charge < -0.3 is 15.6 Å². The van der Waals surface area contributed by atoms with Gasteiger partial charge in [0.05, 0.1) is 17.0 Å². The maximum absolute atomic E-state index is 11.9. The molecule has 5 nitrogen and oxygen atoms in total. The zero-order chi connectivity index (χ0) is 14.4. The van der Waals surface area contributed by atoms with Gasteiger partial charge in [-0.1, -0.05) is 11.8 Å². The minimum Gasteiger partial charge on any atom is -0.352 e. The molecule has 3 N–H and O–H groups in total. The highest BCUT2D eigenvalue weighted by atomic mass is 32.1. The lowest BCUT2D eigenvalue weighted by atomic mass is 10.3. The van der Waals surface area contributed by atoms with E-state index < -0.39 is 0 Å². The number of aromatic nitrogens is 2. The van der Waals surface area contributed by atoms with Crippen molar-refractivity contribution in [2.75, 3.05) is 13.1 Å². The van der Waals surface area contributed by atoms with Gasteiger partial charge in [0.15, 0.2) is 0 Å². The summed E-state index contributed by atoms with van der Waals surface area (Å²) >= 11 is 1.45. The van der Waals surface area contributed by atoms with Crippen molar-refractivity contribution in [1.29, 1.82) is 0 Å². The summed E-state index contributed by atoms with van der Waals surface area (Å²) in [6, 6.07) is 1.78. The van der Waals surface area contributed by atoms with Crippen molar-refractivity contribution in [2.45, 2.75) is 6.42 Å². The van der Waals surface area contributed by atoms with Crippen LogP contribution in [0.5, 0.6) is 0 Å². The van der Waals surface area contributed by atoms with Crippen molar-refractivity contribution >= 4 is 17.2 Å². The molecule has 20 heavy (non-hydrogen) atoms. The third-order valence-electron chi connectivity index (χ3n) is 2.73. The van der Waals surface area contributed by atoms with Crippen molar-refractivity contribution in [3.63, 3.8) is 0 Å². The van der Waals surface area contributed by atoms with Gasteiger partial charge >= 0.3 is 0 Å². The minimum atomic E-state index is -0.0868. The van der Waals surface area contributed by atoms with E-state index in [1.807, 2.05) is 17.8 Å². The quantitative estimate of drug-likeness (QED) is 0.816. The molecule has 6 heteroatoms. The number of thiophene rings is 1. The molecule has 2 rings (SSSR count). The van der Waals surface area contributed by atoms with Gasteiger partial charge in [-0.2, -0.15) is 0 Å². The van der Waals surface area contributed by atoms with Crippen molar-refractivity contribution in [3.8, 4) is 11.8 Å². The second-order valence-electron chi connectivity index (χ2n) is 4.17. The van der Waals surface area contributed by atoms with E-state index in [1.165, 1.54) is 11.3 Å². The lowest BCUT2D eigenvalue weighted by Gasteiger charge is -2.03. The Morgan fingerprint density at radius 1 is 1.60 bits per heavy atom. The third-order valence-corrected chi connectivity index (χ3v) is 3.58. The summed E-state index contributed by atoms with van der Waals surface area (Å²) in [5.41, 5.74) is 5.95. The zero-order valence-electron chi connectivity index (χ0n) is 11.2. The Morgan fingerprint density at radius 3 is 3.15 bits per heavy atom. The average molecular weight is 288 g/mol. The lowest BCUT2D eigenvalue weighted by Crippen LogP contribution is -2.25. The molecule has 2 heterocycles. The first-order valence-corrected chi connectivity index (χ1v) is 7.10. The molecule has 0 aliphatic rings. The summed E-state index contributed by atoms with van der Waals surface area (Å²) in [4.78, 5) is 17.0. The van der Waals surface area contributed by atoms with Crippen LogP contribution in [0.3, 0.4) is 0 Å². The molecule has 0 spiro atoms. The normalized spacial score (nSPS) is 9.90. The number of carbonyl (C=O) groups is 1. The van der Waals surface area contributed by atoms with Crippen LogP contribution in [0.4, 0.5) is 0 Å². The molecule has 0 fully saturated rings. The summed E-state index contributed by atoms with van der Waals surface area (Å²) in [5, 5.41) is 4.68. The number of carbonyl (C=O) groups excluding carboxylic acids is 1. The van der Waals surface area contributed by atoms with Crippen molar-refractivity contribution in [1.82, 2.24) is 14.9 Å². The molecule has 0 saturated heterocycles. The van der Waals surface area contributed by atoms with Gasteiger partial charge in [0.1, 0.15) is 5.82 Å². The Kier molecular flexibility index (Phi) is 4.93. The van der Waals surface area contributed by atoms with Crippen molar-refractivity contribution in [3.05, 3.63) is 40.1 Å². The van der Waals surface area contributed by atoms with Crippen LogP contribution in [0.2, 0.25) is 0 Å². The molecular weight excluding hydrogens is 272 g/mol. The molecule has 0 aliphatic carbocycles. The van der Waals surface area contributed by atoms with Crippen molar-refractivity contribution in [2.24, 2.45) is 12.8 Å². The molecule has 0 atom stereocenters. The molecule has 2 aromatic rings. The number of nitrogens with zero attached hydrogens (tertiary/aromatic N) is 2. The Labute approximate surface area is 121 Å². The molecule has 0 saturated carbocycles. The fourth-order valence-corrected chi connectivity index (χ4v) is 2.44. The maximum atomic E-state index is 11.9. The molecule has 2 aromatic heterocycles. The highest BCUT2D eigenvalue weighted by Crippen LogP contribution is 2.13. The number of amides is 1. The molecule has 104 valence electrons. The highest BCUT2D eigenvalue weighted by molar-refractivity contribution is 7.10. The van der Waals surface area contributed by atoms with Crippen molar-refractivity contribution < 1.29 is 4.79 Å². The Morgan fingerprint density at radius 2 is 2.45 bits per heavy atom. The fraction of sp³-hybridized carbons (Fsp3) is 0.286. The van der Waals surface area contributed by atoms with E-state index in [0.29, 0.717) is 25.1 Å². The molecule has 0 radical (unpaired) electrons. The largest absolute Gasteiger partial charge is 0.352 e. The lowest BCUT2D eigenvalue weighted by molar-refractivity contribution is 0.0954. The summed E-state index contributed by atoms with van der Waals surface area (Å²) in [7, 11) is 1.94. The summed E-state index contributed by atoms with van der Waals surface area (Å²) in [6.45, 7) is 0.881. The zero-order valence-corrected chi connectivity index (χ0v) is 12.0. The number of aryl methyl sites for hydroxylation is 1. The number of hydrogen-bond acceptors (Lipinski definition) is 4. The number of imidazole rings is 1. The van der Waals surface area contributed by atoms with E-state index in [2.05, 4.69) is 22.1 Å². The van der Waals surface area contributed by atoms with Crippen LogP contribution in [0.15, 0.2) is 23.8 Å². The standard InChI is InChI=1S/C14H16N4OS/c1-18-8-7-16-13(18)4-6-17-14(19)11-9-12(20-10-11)3-2-5-15/h7-10H,4-6,15H2,1H3,(H,17,19). The predicted molar refractivity (Wildman–Crippen MR) is 79.5 cm³/mol. The van der Waals surface area contributed by atoms with Crippen LogP contribution in [0.25, 0.3) is 0 Å². The van der Waals surface area contributed by atoms with Gasteiger partial charge in [0, 0.05) is 37.8 Å². The van der Waals surface area contributed by atoms with Crippen LogP contribution < -0.4 is 11.1 Å². The topological polar surface area (TPSA) is 72.9 Å². The second kappa shape index (κ2) is 6.89.